The van der Waals surface area contributed by atoms with Crippen LogP contribution in [0.1, 0.15) is 31.2 Å². The van der Waals surface area contributed by atoms with Crippen molar-refractivity contribution >= 4 is 0 Å². The lowest BCUT2D eigenvalue weighted by Crippen LogP contribution is -2.37. The summed E-state index contributed by atoms with van der Waals surface area (Å²) < 4.78 is 21.9. The van der Waals surface area contributed by atoms with Gasteiger partial charge in [-0.15, -0.1) is 0 Å². The van der Waals surface area contributed by atoms with Crippen molar-refractivity contribution in [3.8, 4) is 6.07 Å². The molecule has 3 rings (SSSR count). The van der Waals surface area contributed by atoms with Gasteiger partial charge in [0.2, 0.25) is 5.60 Å². The van der Waals surface area contributed by atoms with Gasteiger partial charge in [0.15, 0.2) is 0 Å². The zero-order valence-corrected chi connectivity index (χ0v) is 12.2. The molecule has 0 saturated heterocycles. The summed E-state index contributed by atoms with van der Waals surface area (Å²) in [7, 11) is 0. The number of nitrogens with zero attached hydrogens (tertiary/aromatic N) is 4. The summed E-state index contributed by atoms with van der Waals surface area (Å²) in [6, 6.07) is 8.45. The van der Waals surface area contributed by atoms with Crippen molar-refractivity contribution in [1.29, 1.82) is 5.26 Å². The van der Waals surface area contributed by atoms with Gasteiger partial charge in [0.25, 0.3) is 0 Å². The molecule has 2 aromatic rings. The van der Waals surface area contributed by atoms with E-state index in [9.17, 15) is 9.65 Å². The van der Waals surface area contributed by atoms with Gasteiger partial charge in [-0.05, 0) is 18.9 Å². The van der Waals surface area contributed by atoms with Crippen molar-refractivity contribution in [2.75, 3.05) is 0 Å². The maximum atomic E-state index is 14.3. The van der Waals surface area contributed by atoms with E-state index in [1.54, 1.807) is 18.2 Å². The Hall–Kier alpha value is -2.26. The van der Waals surface area contributed by atoms with Crippen molar-refractivity contribution in [3.05, 3.63) is 48.3 Å². The van der Waals surface area contributed by atoms with E-state index in [-0.39, 0.29) is 18.2 Å². The Morgan fingerprint density at radius 2 is 2.14 bits per heavy atom. The molecular formula is C16H17FN4O. The first-order chi connectivity index (χ1) is 10.7. The van der Waals surface area contributed by atoms with Crippen molar-refractivity contribution in [3.63, 3.8) is 0 Å². The summed E-state index contributed by atoms with van der Waals surface area (Å²) in [5.74, 6) is -0.442. The van der Waals surface area contributed by atoms with Crippen LogP contribution in [-0.4, -0.2) is 20.9 Å². The third kappa shape index (κ3) is 2.85. The maximum Gasteiger partial charge on any atom is 0.202 e. The second kappa shape index (κ2) is 6.24. The first-order valence-electron chi connectivity index (χ1n) is 7.40. The van der Waals surface area contributed by atoms with Crippen LogP contribution in [0.15, 0.2) is 36.9 Å². The Bertz CT molecular complexity index is 661. The molecule has 114 valence electrons. The molecule has 1 atom stereocenters. The number of halogens is 1. The van der Waals surface area contributed by atoms with E-state index in [2.05, 4.69) is 16.2 Å². The average molecular weight is 300 g/mol. The zero-order valence-electron chi connectivity index (χ0n) is 12.2. The van der Waals surface area contributed by atoms with Crippen LogP contribution in [0.5, 0.6) is 0 Å². The number of benzene rings is 1. The monoisotopic (exact) mass is 300 g/mol. The van der Waals surface area contributed by atoms with E-state index in [1.165, 1.54) is 23.4 Å². The minimum absolute atomic E-state index is 0.0252. The van der Waals surface area contributed by atoms with E-state index in [0.29, 0.717) is 0 Å². The molecule has 0 aliphatic heterocycles. The second-order valence-corrected chi connectivity index (χ2v) is 5.54. The number of nitriles is 1. The Morgan fingerprint density at radius 1 is 1.36 bits per heavy atom. The van der Waals surface area contributed by atoms with E-state index in [1.807, 2.05) is 0 Å². The third-order valence-corrected chi connectivity index (χ3v) is 4.01. The molecule has 1 heterocycles. The molecule has 1 unspecified atom stereocenters. The van der Waals surface area contributed by atoms with Gasteiger partial charge in [0, 0.05) is 5.56 Å². The molecule has 1 aromatic carbocycles. The highest BCUT2D eigenvalue weighted by atomic mass is 19.1. The van der Waals surface area contributed by atoms with Crippen molar-refractivity contribution in [1.82, 2.24) is 14.8 Å². The van der Waals surface area contributed by atoms with Crippen LogP contribution < -0.4 is 0 Å². The van der Waals surface area contributed by atoms with Gasteiger partial charge in [-0.1, -0.05) is 31.0 Å². The van der Waals surface area contributed by atoms with Gasteiger partial charge >= 0.3 is 0 Å². The number of hydrogen-bond donors (Lipinski definition) is 0. The number of rotatable bonds is 5. The van der Waals surface area contributed by atoms with Crippen LogP contribution in [0.2, 0.25) is 0 Å². The van der Waals surface area contributed by atoms with Crippen LogP contribution in [0.3, 0.4) is 0 Å². The molecular weight excluding hydrogens is 283 g/mol. The van der Waals surface area contributed by atoms with Crippen LogP contribution in [-0.2, 0) is 16.9 Å². The molecule has 0 spiro atoms. The second-order valence-electron chi connectivity index (χ2n) is 5.54. The van der Waals surface area contributed by atoms with Gasteiger partial charge in [-0.3, -0.25) is 0 Å². The molecule has 1 aliphatic rings. The third-order valence-electron chi connectivity index (χ3n) is 4.01. The molecule has 0 radical (unpaired) electrons. The SMILES string of the molecule is N#CC(Cn1cncn1)(OC1CCCC1)c1ccccc1F. The molecule has 1 saturated carbocycles. The highest BCUT2D eigenvalue weighted by Gasteiger charge is 2.40. The maximum absolute atomic E-state index is 14.3. The fraction of sp³-hybridized carbons (Fsp3) is 0.438. The summed E-state index contributed by atoms with van der Waals surface area (Å²) in [6.45, 7) is 0.112. The van der Waals surface area contributed by atoms with E-state index >= 15 is 0 Å². The van der Waals surface area contributed by atoms with Gasteiger partial charge < -0.3 is 4.74 Å². The molecule has 1 aliphatic carbocycles. The first-order valence-corrected chi connectivity index (χ1v) is 7.40. The molecule has 0 N–H and O–H groups in total. The van der Waals surface area contributed by atoms with E-state index in [0.717, 1.165) is 25.7 Å². The molecule has 0 amide bonds. The summed E-state index contributed by atoms with van der Waals surface area (Å²) >= 11 is 0. The number of ether oxygens (including phenoxy) is 1. The zero-order chi connectivity index (χ0) is 15.4. The lowest BCUT2D eigenvalue weighted by molar-refractivity contribution is -0.0726. The van der Waals surface area contributed by atoms with E-state index in [4.69, 9.17) is 4.74 Å². The van der Waals surface area contributed by atoms with Crippen molar-refractivity contribution < 1.29 is 9.13 Å². The molecule has 6 heteroatoms. The highest BCUT2D eigenvalue weighted by Crippen LogP contribution is 2.34. The standard InChI is InChI=1S/C16H17FN4O/c17-15-8-4-3-7-14(15)16(9-18,10-21-12-19-11-20-21)22-13-5-1-2-6-13/h3-4,7-8,11-13H,1-2,5-6,10H2. The van der Waals surface area contributed by atoms with Gasteiger partial charge in [0.1, 0.15) is 24.5 Å². The normalized spacial score (nSPS) is 18.0. The molecule has 5 nitrogen and oxygen atoms in total. The van der Waals surface area contributed by atoms with Crippen LogP contribution >= 0.6 is 0 Å². The summed E-state index contributed by atoms with van der Waals surface area (Å²) in [5, 5.41) is 13.8. The quantitative estimate of drug-likeness (QED) is 0.851. The predicted octanol–water partition coefficient (Wildman–Crippen LogP) is 2.80. The predicted molar refractivity (Wildman–Crippen MR) is 77.1 cm³/mol. The molecule has 22 heavy (non-hydrogen) atoms. The Kier molecular flexibility index (Phi) is 4.16. The first kappa shape index (κ1) is 14.7. The minimum Gasteiger partial charge on any atom is -0.351 e. The molecule has 0 bridgehead atoms. The van der Waals surface area contributed by atoms with Gasteiger partial charge in [-0.25, -0.2) is 14.1 Å². The Balaban J connectivity index is 1.99. The summed E-state index contributed by atoms with van der Waals surface area (Å²) in [6.07, 6.45) is 6.82. The lowest BCUT2D eigenvalue weighted by Gasteiger charge is -2.30. The van der Waals surface area contributed by atoms with Crippen LogP contribution in [0, 0.1) is 17.1 Å². The fourth-order valence-corrected chi connectivity index (χ4v) is 2.93. The van der Waals surface area contributed by atoms with Crippen LogP contribution in [0.25, 0.3) is 0 Å². The van der Waals surface area contributed by atoms with Gasteiger partial charge in [-0.2, -0.15) is 10.4 Å². The Morgan fingerprint density at radius 3 is 2.77 bits per heavy atom. The smallest absolute Gasteiger partial charge is 0.202 e. The lowest BCUT2D eigenvalue weighted by atomic mass is 9.93. The number of aromatic nitrogens is 3. The minimum atomic E-state index is -1.39. The number of hydrogen-bond acceptors (Lipinski definition) is 4. The van der Waals surface area contributed by atoms with Gasteiger partial charge in [0.05, 0.1) is 12.6 Å². The summed E-state index contributed by atoms with van der Waals surface area (Å²) in [4.78, 5) is 3.88. The van der Waals surface area contributed by atoms with E-state index < -0.39 is 11.4 Å². The average Bonchev–Trinajstić information content (AvgIpc) is 3.21. The molecule has 1 fully saturated rings. The topological polar surface area (TPSA) is 63.7 Å². The summed E-state index contributed by atoms with van der Waals surface area (Å²) in [5.41, 5.74) is -1.14. The fourth-order valence-electron chi connectivity index (χ4n) is 2.93. The largest absolute Gasteiger partial charge is 0.351 e. The molecule has 1 aromatic heterocycles. The van der Waals surface area contributed by atoms with Crippen LogP contribution in [0.4, 0.5) is 4.39 Å². The Labute approximate surface area is 128 Å². The van der Waals surface area contributed by atoms with Crippen molar-refractivity contribution in [2.24, 2.45) is 0 Å². The highest BCUT2D eigenvalue weighted by molar-refractivity contribution is 5.30. The van der Waals surface area contributed by atoms with Crippen molar-refractivity contribution in [2.45, 2.75) is 43.9 Å².